The van der Waals surface area contributed by atoms with Crippen LogP contribution in [0.25, 0.3) is 0 Å². The van der Waals surface area contributed by atoms with E-state index in [1.807, 2.05) is 13.8 Å². The van der Waals surface area contributed by atoms with E-state index >= 15 is 0 Å². The van der Waals surface area contributed by atoms with Gasteiger partial charge in [0.25, 0.3) is 0 Å². The van der Waals surface area contributed by atoms with Crippen molar-refractivity contribution >= 4 is 12.6 Å². The van der Waals surface area contributed by atoms with Gasteiger partial charge in [-0.3, -0.25) is 0 Å². The van der Waals surface area contributed by atoms with Gasteiger partial charge in [0.15, 0.2) is 0 Å². The number of aryl methyl sites for hydroxylation is 3. The van der Waals surface area contributed by atoms with E-state index in [2.05, 4.69) is 54.2 Å². The fraction of sp³-hybridized carbons (Fsp3) is 0.353. The molecule has 0 radical (unpaired) electrons. The smallest absolute Gasteiger partial charge is 1.00 e. The quantitative estimate of drug-likeness (QED) is 0.562. The van der Waals surface area contributed by atoms with Gasteiger partial charge >= 0.3 is 135 Å². The van der Waals surface area contributed by atoms with Crippen LogP contribution in [0.3, 0.4) is 0 Å². The maximum atomic E-state index is 12.8. The van der Waals surface area contributed by atoms with E-state index in [9.17, 15) is 4.79 Å². The van der Waals surface area contributed by atoms with E-state index < -0.39 is 24.0 Å². The Bertz CT molecular complexity index is 606. The molecular weight excluding hydrogens is 381 g/mol. The van der Waals surface area contributed by atoms with Crippen molar-refractivity contribution in [3.05, 3.63) is 56.5 Å². The Hall–Kier alpha value is -0.319. The van der Waals surface area contributed by atoms with Crippen LogP contribution in [0, 0.1) is 20.8 Å². The molecule has 1 N–H and O–H groups in total. The molecule has 1 aliphatic rings. The monoisotopic (exact) mass is 404 g/mol. The van der Waals surface area contributed by atoms with E-state index in [-0.39, 0.29) is 30.7 Å². The second-order valence-electron chi connectivity index (χ2n) is 6.12. The summed E-state index contributed by atoms with van der Waals surface area (Å²) in [6.45, 7) is 10.1. The van der Waals surface area contributed by atoms with Gasteiger partial charge in [-0.25, -0.2) is 0 Å². The molecule has 2 rings (SSSR count). The molecule has 0 aliphatic heterocycles. The summed E-state index contributed by atoms with van der Waals surface area (Å²) in [4.78, 5) is 12.8. The molecule has 1 aliphatic carbocycles. The first-order valence-electron chi connectivity index (χ1n) is 7.52. The molecule has 0 bridgehead atoms. The summed E-state index contributed by atoms with van der Waals surface area (Å²) in [5.41, 5.74) is 4.28. The number of benzene rings is 1. The minimum Gasteiger partial charge on any atom is -1.00 e. The van der Waals surface area contributed by atoms with Gasteiger partial charge in [-0.05, 0) is 0 Å². The third-order valence-electron chi connectivity index (χ3n) is 3.85. The van der Waals surface area contributed by atoms with E-state index in [0.717, 1.165) is 23.1 Å². The van der Waals surface area contributed by atoms with Crippen molar-refractivity contribution < 1.29 is 47.0 Å². The van der Waals surface area contributed by atoms with Gasteiger partial charge in [0, 0.05) is 0 Å². The van der Waals surface area contributed by atoms with E-state index in [0.29, 0.717) is 0 Å². The molecule has 125 valence electrons. The molecule has 0 unspecified atom stereocenters. The zero-order valence-electron chi connectivity index (χ0n) is 14.3. The number of carbonyl (C=O) groups excluding carboxylic acids is 1. The Balaban J connectivity index is 0.00000242. The van der Waals surface area contributed by atoms with Crippen molar-refractivity contribution in [1.29, 1.82) is 0 Å². The first kappa shape index (κ1) is 22.7. The maximum Gasteiger partial charge on any atom is -1.00 e. The van der Waals surface area contributed by atoms with Crippen LogP contribution in [0.2, 0.25) is 13.1 Å². The predicted octanol–water partition coefficient (Wildman–Crippen LogP) is -2.29. The molecule has 0 saturated carbocycles. The summed E-state index contributed by atoms with van der Waals surface area (Å²) in [5, 5.41) is 0. The second kappa shape index (κ2) is 9.85. The van der Waals surface area contributed by atoms with Gasteiger partial charge in [-0.2, -0.15) is 0 Å². The zero-order chi connectivity index (χ0) is 15.6. The van der Waals surface area contributed by atoms with Crippen LogP contribution in [0.4, 0.5) is 0 Å². The van der Waals surface area contributed by atoms with Crippen molar-refractivity contribution in [3.63, 3.8) is 0 Å². The third-order valence-corrected chi connectivity index (χ3v) is 15.0. The largest absolute Gasteiger partial charge is 1.00 e. The molecule has 0 heterocycles. The van der Waals surface area contributed by atoms with Crippen molar-refractivity contribution in [3.8, 4) is 0 Å². The second-order valence-corrected chi connectivity index (χ2v) is 18.9. The van der Waals surface area contributed by atoms with Crippen molar-refractivity contribution in [1.82, 2.24) is 3.80 Å². The summed E-state index contributed by atoms with van der Waals surface area (Å²) < 4.78 is 4.98. The summed E-state index contributed by atoms with van der Waals surface area (Å²) in [6, 6.07) is 4.20. The molecule has 0 spiro atoms. The number of allylic oxidation sites excluding steroid dienone is 4. The standard InChI is InChI=1S/C10H13NO.C5H5.C2H7Si.2ClH.Ti/c1-6-4-7(2)9(10(11)12)8(3)5-6;1-2-4-5-3-1;1-3-2;;;/h4-5H,1-3H3,(H2,11,12);1-3H,4H2;3H,1-2H3;2*1H;/q;;;;;+3/p-3. The van der Waals surface area contributed by atoms with Crippen LogP contribution in [-0.2, 0) is 17.4 Å². The van der Waals surface area contributed by atoms with E-state index in [4.69, 9.17) is 0 Å². The van der Waals surface area contributed by atoms with Crippen LogP contribution in [0.1, 0.15) is 33.5 Å². The molecule has 1 amide bonds. The fourth-order valence-corrected chi connectivity index (χ4v) is 12.0. The fourth-order valence-electron chi connectivity index (χ4n) is 2.97. The Labute approximate surface area is 159 Å². The maximum absolute atomic E-state index is 12.8. The Kier molecular flexibility index (Phi) is 9.71. The van der Waals surface area contributed by atoms with Crippen LogP contribution in [0.5, 0.6) is 0 Å². The zero-order valence-corrected chi connectivity index (χ0v) is 18.6. The third kappa shape index (κ3) is 5.61. The van der Waals surface area contributed by atoms with E-state index in [1.165, 1.54) is 9.44 Å². The van der Waals surface area contributed by atoms with Crippen LogP contribution >= 0.6 is 0 Å². The minimum absolute atomic E-state index is 0. The predicted molar refractivity (Wildman–Crippen MR) is 88.8 cm³/mol. The van der Waals surface area contributed by atoms with Gasteiger partial charge in [-0.15, -0.1) is 0 Å². The molecule has 0 atom stereocenters. The van der Waals surface area contributed by atoms with Gasteiger partial charge in [0.2, 0.25) is 0 Å². The number of hydrogen-bond acceptors (Lipinski definition) is 1. The van der Waals surface area contributed by atoms with Crippen LogP contribution in [0.15, 0.2) is 34.2 Å². The van der Waals surface area contributed by atoms with Crippen molar-refractivity contribution in [2.45, 2.75) is 40.3 Å². The van der Waals surface area contributed by atoms with Crippen molar-refractivity contribution in [2.24, 2.45) is 0 Å². The average molecular weight is 405 g/mol. The Morgan fingerprint density at radius 2 is 1.70 bits per heavy atom. The summed E-state index contributed by atoms with van der Waals surface area (Å²) in [7, 11) is 0. The molecular formula is C17H24Cl2NOSiTi. The molecule has 0 saturated heterocycles. The summed E-state index contributed by atoms with van der Waals surface area (Å²) in [6.07, 6.45) is 7.62. The Morgan fingerprint density at radius 1 is 1.13 bits per heavy atom. The molecule has 0 aromatic heterocycles. The topological polar surface area (TPSA) is 29.1 Å². The van der Waals surface area contributed by atoms with Gasteiger partial charge < -0.3 is 24.8 Å². The first-order valence-corrected chi connectivity index (χ1v) is 14.7. The SMILES string of the molecule is Cc1cc(C)c(C(=O)[NH][Ti+2]([C]2=CC=CC2)[SiH](C)C)c(C)c1.[Cl-].[Cl-]. The number of hydrogen-bond donors (Lipinski definition) is 1. The normalized spacial score (nSPS) is 12.3. The Morgan fingerprint density at radius 3 is 2.13 bits per heavy atom. The molecule has 6 heteroatoms. The van der Waals surface area contributed by atoms with Crippen molar-refractivity contribution in [2.75, 3.05) is 0 Å². The summed E-state index contributed by atoms with van der Waals surface area (Å²) in [5.74, 6) is 0.147. The number of halogens is 2. The van der Waals surface area contributed by atoms with Crippen LogP contribution in [-0.4, -0.2) is 12.6 Å². The molecule has 1 aromatic carbocycles. The minimum atomic E-state index is -1.61. The van der Waals surface area contributed by atoms with E-state index in [1.54, 1.807) is 0 Å². The molecule has 23 heavy (non-hydrogen) atoms. The van der Waals surface area contributed by atoms with Crippen LogP contribution < -0.4 is 28.6 Å². The molecule has 0 fully saturated rings. The van der Waals surface area contributed by atoms with Gasteiger partial charge in [0.1, 0.15) is 0 Å². The number of amides is 1. The first-order chi connectivity index (χ1) is 9.90. The number of nitrogens with one attached hydrogen (secondary N) is 1. The molecule has 2 nitrogen and oxygen atoms in total. The summed E-state index contributed by atoms with van der Waals surface area (Å²) >= 11 is -1.61. The number of rotatable bonds is 4. The van der Waals surface area contributed by atoms with Gasteiger partial charge in [0.05, 0.1) is 0 Å². The molecule has 1 aromatic rings. The number of carbonyl (C=O) groups is 1. The average Bonchev–Trinajstić information content (AvgIpc) is 2.87. The van der Waals surface area contributed by atoms with Gasteiger partial charge in [-0.1, -0.05) is 0 Å².